The van der Waals surface area contributed by atoms with Crippen molar-refractivity contribution in [1.82, 2.24) is 20.0 Å². The van der Waals surface area contributed by atoms with Gasteiger partial charge in [-0.15, -0.1) is 0 Å². The smallest absolute Gasteiger partial charge is 0.272 e. The second kappa shape index (κ2) is 6.38. The number of hydrogen-bond acceptors (Lipinski definition) is 4. The van der Waals surface area contributed by atoms with Gasteiger partial charge in [0.15, 0.2) is 0 Å². The zero-order valence-corrected chi connectivity index (χ0v) is 13.5. The van der Waals surface area contributed by atoms with E-state index in [4.69, 9.17) is 4.74 Å². The molecule has 0 aliphatic carbocycles. The summed E-state index contributed by atoms with van der Waals surface area (Å²) in [5.74, 6) is 0.0777. The molecular weight excluding hydrogens is 280 g/mol. The molecule has 0 radical (unpaired) electrons. The fourth-order valence-electron chi connectivity index (χ4n) is 3.70. The number of rotatable bonds is 3. The van der Waals surface area contributed by atoms with Crippen molar-refractivity contribution in [3.63, 3.8) is 0 Å². The normalized spacial score (nSPS) is 24.6. The molecule has 22 heavy (non-hydrogen) atoms. The highest BCUT2D eigenvalue weighted by molar-refractivity contribution is 5.92. The minimum atomic E-state index is -0.0334. The average molecular weight is 306 g/mol. The fourth-order valence-corrected chi connectivity index (χ4v) is 3.70. The van der Waals surface area contributed by atoms with Gasteiger partial charge in [0.1, 0.15) is 5.69 Å². The number of carbonyl (C=O) groups is 1. The first-order chi connectivity index (χ1) is 10.6. The van der Waals surface area contributed by atoms with Crippen LogP contribution in [0.15, 0.2) is 12.3 Å². The Bertz CT molecular complexity index is 518. The van der Waals surface area contributed by atoms with E-state index in [0.29, 0.717) is 11.7 Å². The van der Waals surface area contributed by atoms with Crippen LogP contribution >= 0.6 is 0 Å². The molecule has 1 atom stereocenters. The second-order valence-corrected chi connectivity index (χ2v) is 6.41. The summed E-state index contributed by atoms with van der Waals surface area (Å²) in [5.41, 5.74) is 0.625. The predicted octanol–water partition coefficient (Wildman–Crippen LogP) is 1.18. The van der Waals surface area contributed by atoms with Gasteiger partial charge in [0.2, 0.25) is 0 Å². The summed E-state index contributed by atoms with van der Waals surface area (Å²) >= 11 is 0. The van der Waals surface area contributed by atoms with E-state index in [1.807, 2.05) is 11.9 Å². The van der Waals surface area contributed by atoms with E-state index in [1.54, 1.807) is 16.9 Å². The second-order valence-electron chi connectivity index (χ2n) is 6.41. The van der Waals surface area contributed by atoms with Crippen LogP contribution in [0.25, 0.3) is 0 Å². The SMILES string of the molecule is CCNC1CCOC2(CCN(C(=O)c3ccnn3C)CC2)C1. The maximum atomic E-state index is 12.5. The van der Waals surface area contributed by atoms with Gasteiger partial charge in [-0.25, -0.2) is 0 Å². The fraction of sp³-hybridized carbons (Fsp3) is 0.750. The Balaban J connectivity index is 1.60. The van der Waals surface area contributed by atoms with Gasteiger partial charge < -0.3 is 15.0 Å². The van der Waals surface area contributed by atoms with Crippen LogP contribution in [0.1, 0.15) is 43.1 Å². The Labute approximate surface area is 131 Å². The number of likely N-dealkylation sites (tertiary alicyclic amines) is 1. The van der Waals surface area contributed by atoms with Crippen LogP contribution in [-0.4, -0.2) is 58.5 Å². The molecule has 0 bridgehead atoms. The molecule has 6 heteroatoms. The van der Waals surface area contributed by atoms with Crippen LogP contribution in [0.3, 0.4) is 0 Å². The third-order valence-electron chi connectivity index (χ3n) is 4.99. The van der Waals surface area contributed by atoms with Crippen molar-refractivity contribution in [3.05, 3.63) is 18.0 Å². The first-order valence-corrected chi connectivity index (χ1v) is 8.28. The molecule has 0 aromatic carbocycles. The number of ether oxygens (including phenoxy) is 1. The standard InChI is InChI=1S/C16H26N4O2/c1-3-17-13-5-11-22-16(12-13)6-9-20(10-7-16)15(21)14-4-8-18-19(14)2/h4,8,13,17H,3,5-7,9-12H2,1-2H3. The molecule has 1 unspecified atom stereocenters. The summed E-state index contributed by atoms with van der Waals surface area (Å²) in [6.07, 6.45) is 5.68. The van der Waals surface area contributed by atoms with Gasteiger partial charge in [-0.1, -0.05) is 6.92 Å². The lowest BCUT2D eigenvalue weighted by Gasteiger charge is -2.46. The van der Waals surface area contributed by atoms with E-state index in [1.165, 1.54) is 0 Å². The van der Waals surface area contributed by atoms with E-state index in [9.17, 15) is 4.79 Å². The monoisotopic (exact) mass is 306 g/mol. The Morgan fingerprint density at radius 2 is 2.27 bits per heavy atom. The average Bonchev–Trinajstić information content (AvgIpc) is 2.94. The lowest BCUT2D eigenvalue weighted by Crippen LogP contribution is -2.54. The molecule has 3 rings (SSSR count). The largest absolute Gasteiger partial charge is 0.375 e. The molecule has 3 heterocycles. The Hall–Kier alpha value is -1.40. The summed E-state index contributed by atoms with van der Waals surface area (Å²) in [4.78, 5) is 14.5. The molecule has 122 valence electrons. The van der Waals surface area contributed by atoms with Crippen molar-refractivity contribution in [2.24, 2.45) is 7.05 Å². The van der Waals surface area contributed by atoms with Gasteiger partial charge >= 0.3 is 0 Å². The maximum absolute atomic E-state index is 12.5. The minimum absolute atomic E-state index is 0.0334. The van der Waals surface area contributed by atoms with Crippen molar-refractivity contribution >= 4 is 5.91 Å². The lowest BCUT2D eigenvalue weighted by atomic mass is 9.82. The number of nitrogens with one attached hydrogen (secondary N) is 1. The Kier molecular flexibility index (Phi) is 4.49. The van der Waals surface area contributed by atoms with Gasteiger partial charge in [-0.05, 0) is 38.3 Å². The van der Waals surface area contributed by atoms with Gasteiger partial charge in [0, 0.05) is 39.0 Å². The molecule has 1 aromatic heterocycles. The third-order valence-corrected chi connectivity index (χ3v) is 4.99. The minimum Gasteiger partial charge on any atom is -0.375 e. The van der Waals surface area contributed by atoms with Crippen LogP contribution in [0.4, 0.5) is 0 Å². The van der Waals surface area contributed by atoms with Crippen LogP contribution in [-0.2, 0) is 11.8 Å². The molecular formula is C16H26N4O2. The number of aryl methyl sites for hydroxylation is 1. The predicted molar refractivity (Wildman–Crippen MR) is 83.7 cm³/mol. The molecule has 1 spiro atoms. The molecule has 1 N–H and O–H groups in total. The molecule has 2 saturated heterocycles. The van der Waals surface area contributed by atoms with E-state index in [2.05, 4.69) is 17.3 Å². The van der Waals surface area contributed by atoms with Crippen molar-refractivity contribution in [2.75, 3.05) is 26.2 Å². The molecule has 1 aromatic rings. The Morgan fingerprint density at radius 1 is 1.50 bits per heavy atom. The summed E-state index contributed by atoms with van der Waals surface area (Å²) in [5, 5.41) is 7.63. The maximum Gasteiger partial charge on any atom is 0.272 e. The molecule has 0 saturated carbocycles. The number of nitrogens with zero attached hydrogens (tertiary/aromatic N) is 3. The zero-order valence-electron chi connectivity index (χ0n) is 13.5. The van der Waals surface area contributed by atoms with Gasteiger partial charge in [0.25, 0.3) is 5.91 Å². The third kappa shape index (κ3) is 3.03. The van der Waals surface area contributed by atoms with Gasteiger partial charge in [-0.2, -0.15) is 5.10 Å². The highest BCUT2D eigenvalue weighted by Gasteiger charge is 2.41. The van der Waals surface area contributed by atoms with Crippen molar-refractivity contribution in [2.45, 2.75) is 44.2 Å². The summed E-state index contributed by atoms with van der Waals surface area (Å²) in [6.45, 7) is 5.52. The highest BCUT2D eigenvalue weighted by Crippen LogP contribution is 2.35. The lowest BCUT2D eigenvalue weighted by molar-refractivity contribution is -0.115. The van der Waals surface area contributed by atoms with Gasteiger partial charge in [0.05, 0.1) is 5.60 Å². The summed E-state index contributed by atoms with van der Waals surface area (Å²) in [7, 11) is 1.81. The molecule has 1 amide bonds. The van der Waals surface area contributed by atoms with Crippen LogP contribution < -0.4 is 5.32 Å². The van der Waals surface area contributed by atoms with Crippen LogP contribution in [0.2, 0.25) is 0 Å². The number of aromatic nitrogens is 2. The van der Waals surface area contributed by atoms with Crippen LogP contribution in [0, 0.1) is 0 Å². The molecule has 6 nitrogen and oxygen atoms in total. The van der Waals surface area contributed by atoms with Crippen LogP contribution in [0.5, 0.6) is 0 Å². The number of piperidine rings is 1. The number of hydrogen-bond donors (Lipinski definition) is 1. The van der Waals surface area contributed by atoms with Gasteiger partial charge in [-0.3, -0.25) is 9.48 Å². The molecule has 2 fully saturated rings. The topological polar surface area (TPSA) is 59.4 Å². The summed E-state index contributed by atoms with van der Waals surface area (Å²) in [6, 6.07) is 2.34. The number of carbonyl (C=O) groups excluding carboxylic acids is 1. The van der Waals surface area contributed by atoms with E-state index < -0.39 is 0 Å². The zero-order chi connectivity index (χ0) is 15.6. The Morgan fingerprint density at radius 3 is 2.91 bits per heavy atom. The van der Waals surface area contributed by atoms with Crippen molar-refractivity contribution in [3.8, 4) is 0 Å². The summed E-state index contributed by atoms with van der Waals surface area (Å²) < 4.78 is 7.77. The first-order valence-electron chi connectivity index (χ1n) is 8.28. The molecule has 2 aliphatic rings. The molecule has 2 aliphatic heterocycles. The van der Waals surface area contributed by atoms with Crippen molar-refractivity contribution < 1.29 is 9.53 Å². The van der Waals surface area contributed by atoms with E-state index >= 15 is 0 Å². The van der Waals surface area contributed by atoms with E-state index in [-0.39, 0.29) is 11.5 Å². The highest BCUT2D eigenvalue weighted by atomic mass is 16.5. The quantitative estimate of drug-likeness (QED) is 0.911. The van der Waals surface area contributed by atoms with Crippen molar-refractivity contribution in [1.29, 1.82) is 0 Å². The number of amides is 1. The van der Waals surface area contributed by atoms with E-state index in [0.717, 1.165) is 51.9 Å². The first kappa shape index (κ1) is 15.5.